The number of Topliss-reactive ketones (excluding diaryl/α,β-unsaturated/α-hetero) is 1. The first kappa shape index (κ1) is 34.4. The highest BCUT2D eigenvalue weighted by Crippen LogP contribution is 2.27. The van der Waals surface area contributed by atoms with E-state index >= 15 is 0 Å². The fraction of sp³-hybridized carbons (Fsp3) is 0.500. The minimum Gasteiger partial charge on any atom is -0.481 e. The molecular formula is C32H45N3O7. The van der Waals surface area contributed by atoms with E-state index < -0.39 is 66.4 Å². The van der Waals surface area contributed by atoms with Gasteiger partial charge in [0.2, 0.25) is 5.91 Å². The molecule has 0 fully saturated rings. The van der Waals surface area contributed by atoms with E-state index in [4.69, 9.17) is 10.5 Å². The summed E-state index contributed by atoms with van der Waals surface area (Å²) in [5.74, 6) is -2.76. The van der Waals surface area contributed by atoms with E-state index in [0.29, 0.717) is 11.5 Å². The van der Waals surface area contributed by atoms with Crippen LogP contribution in [0.5, 0.6) is 0 Å². The number of rotatable bonds is 14. The van der Waals surface area contributed by atoms with E-state index in [1.54, 1.807) is 58.0 Å². The number of amides is 2. The summed E-state index contributed by atoms with van der Waals surface area (Å²) in [6.45, 7) is 10.2. The Morgan fingerprint density at radius 3 is 2.02 bits per heavy atom. The van der Waals surface area contributed by atoms with Crippen molar-refractivity contribution in [2.24, 2.45) is 11.7 Å². The molecule has 0 bridgehead atoms. The van der Waals surface area contributed by atoms with Crippen LogP contribution in [0.25, 0.3) is 0 Å². The van der Waals surface area contributed by atoms with Gasteiger partial charge in [-0.2, -0.15) is 0 Å². The van der Waals surface area contributed by atoms with Gasteiger partial charge in [0.1, 0.15) is 12.6 Å². The number of carboxylic acids is 1. The Morgan fingerprint density at radius 1 is 0.952 bits per heavy atom. The molecule has 0 spiro atoms. The summed E-state index contributed by atoms with van der Waals surface area (Å²) in [5.41, 5.74) is 7.53. The maximum absolute atomic E-state index is 14.1. The lowest BCUT2D eigenvalue weighted by atomic mass is 9.85. The van der Waals surface area contributed by atoms with Gasteiger partial charge in [-0.1, -0.05) is 75.4 Å². The van der Waals surface area contributed by atoms with Crippen molar-refractivity contribution in [1.82, 2.24) is 10.2 Å². The fourth-order valence-electron chi connectivity index (χ4n) is 4.82. The van der Waals surface area contributed by atoms with Crippen molar-refractivity contribution in [3.63, 3.8) is 0 Å². The van der Waals surface area contributed by atoms with Gasteiger partial charge in [-0.15, -0.1) is 0 Å². The number of ketones is 1. The van der Waals surface area contributed by atoms with Crippen LogP contribution in [0.4, 0.5) is 4.79 Å². The van der Waals surface area contributed by atoms with Crippen LogP contribution in [0.3, 0.4) is 0 Å². The topological polar surface area (TPSA) is 159 Å². The smallest absolute Gasteiger partial charge is 0.407 e. The Bertz CT molecular complexity index is 1190. The molecule has 2 aromatic rings. The average Bonchev–Trinajstić information content (AvgIpc) is 2.92. The number of carboxylic acid groups (broad SMARTS) is 1. The molecule has 0 radical (unpaired) electrons. The van der Waals surface area contributed by atoms with Gasteiger partial charge in [0.05, 0.1) is 25.1 Å². The van der Waals surface area contributed by atoms with E-state index in [-0.39, 0.29) is 6.61 Å². The highest BCUT2D eigenvalue weighted by Gasteiger charge is 2.45. The first-order valence-electron chi connectivity index (χ1n) is 14.2. The summed E-state index contributed by atoms with van der Waals surface area (Å²) in [6.07, 6.45) is -0.618. The molecule has 4 atom stereocenters. The van der Waals surface area contributed by atoms with Crippen LogP contribution < -0.4 is 11.1 Å². The predicted molar refractivity (Wildman–Crippen MR) is 160 cm³/mol. The van der Waals surface area contributed by atoms with E-state index in [2.05, 4.69) is 19.2 Å². The van der Waals surface area contributed by atoms with Crippen molar-refractivity contribution in [3.05, 3.63) is 71.3 Å². The second-order valence-corrected chi connectivity index (χ2v) is 12.0. The number of hydrogen-bond acceptors (Lipinski definition) is 7. The minimum atomic E-state index is -1.45. The van der Waals surface area contributed by atoms with Gasteiger partial charge in [0.15, 0.2) is 5.78 Å². The molecule has 2 rings (SSSR count). The first-order chi connectivity index (χ1) is 19.6. The third-order valence-corrected chi connectivity index (χ3v) is 6.89. The van der Waals surface area contributed by atoms with Crippen molar-refractivity contribution in [3.8, 4) is 0 Å². The number of nitrogens with two attached hydrogens (primary N) is 1. The average molecular weight is 584 g/mol. The fourth-order valence-corrected chi connectivity index (χ4v) is 4.82. The Balaban J connectivity index is 2.38. The summed E-state index contributed by atoms with van der Waals surface area (Å²) in [4.78, 5) is 53.1. The van der Waals surface area contributed by atoms with Crippen molar-refractivity contribution >= 4 is 23.8 Å². The lowest BCUT2D eigenvalue weighted by Crippen LogP contribution is -2.66. The van der Waals surface area contributed by atoms with Crippen LogP contribution in [0, 0.1) is 5.92 Å². The Morgan fingerprint density at radius 2 is 1.52 bits per heavy atom. The molecule has 10 heteroatoms. The number of alkyl carbamates (subject to hydrolysis) is 1. The molecule has 42 heavy (non-hydrogen) atoms. The molecular weight excluding hydrogens is 538 g/mol. The zero-order chi connectivity index (χ0) is 31.6. The number of nitrogens with one attached hydrogen (secondary N) is 1. The van der Waals surface area contributed by atoms with Crippen molar-refractivity contribution in [2.45, 2.75) is 90.6 Å². The van der Waals surface area contributed by atoms with Crippen molar-refractivity contribution < 1.29 is 34.1 Å². The molecule has 0 aliphatic carbocycles. The molecule has 0 aliphatic heterocycles. The number of carbonyl (C=O) groups excluding carboxylic acids is 3. The monoisotopic (exact) mass is 583 g/mol. The minimum absolute atomic E-state index is 0.0453. The highest BCUT2D eigenvalue weighted by molar-refractivity contribution is 5.96. The molecule has 1 unspecified atom stereocenters. The van der Waals surface area contributed by atoms with Gasteiger partial charge < -0.3 is 30.9 Å². The van der Waals surface area contributed by atoms with Gasteiger partial charge in [-0.05, 0) is 49.8 Å². The maximum atomic E-state index is 14.1. The van der Waals surface area contributed by atoms with E-state index in [0.717, 1.165) is 12.0 Å². The summed E-state index contributed by atoms with van der Waals surface area (Å²) < 4.78 is 5.40. The zero-order valence-corrected chi connectivity index (χ0v) is 25.4. The Kier molecular flexibility index (Phi) is 12.7. The Labute approximate surface area is 248 Å². The summed E-state index contributed by atoms with van der Waals surface area (Å²) in [6, 6.07) is 12.5. The molecule has 0 saturated carbocycles. The predicted octanol–water partition coefficient (Wildman–Crippen LogP) is 3.64. The third-order valence-electron chi connectivity index (χ3n) is 6.89. The number of benzene rings is 2. The number of ether oxygens (including phenoxy) is 1. The van der Waals surface area contributed by atoms with Gasteiger partial charge in [0.25, 0.3) is 0 Å². The van der Waals surface area contributed by atoms with Gasteiger partial charge in [-0.3, -0.25) is 14.4 Å². The summed E-state index contributed by atoms with van der Waals surface area (Å²) in [7, 11) is 0. The summed E-state index contributed by atoms with van der Waals surface area (Å²) >= 11 is 0. The van der Waals surface area contributed by atoms with Crippen LogP contribution in [-0.2, 0) is 32.1 Å². The molecule has 230 valence electrons. The standard InChI is InChI=1S/C32H45N3O7/c1-20(2)16-22-12-14-23(15-13-22)19-42-31(41)34-26(18-36)28(29(39)21(3)24-10-8-7-9-11-24)35(32(4,5)6)30(40)25(33)17-27(37)38/h7-15,20-21,25-26,28,36H,16-19,33H2,1-6H3,(H,34,41)(H,37,38)/t21?,25-,26+,28+/m0/s1. The lowest BCUT2D eigenvalue weighted by Gasteiger charge is -2.45. The van der Waals surface area contributed by atoms with Crippen LogP contribution in [-0.4, -0.2) is 69.1 Å². The largest absolute Gasteiger partial charge is 0.481 e. The van der Waals surface area contributed by atoms with Crippen LogP contribution in [0.1, 0.15) is 70.6 Å². The number of aliphatic hydroxyl groups excluding tert-OH is 1. The second kappa shape index (κ2) is 15.5. The molecule has 0 aliphatic rings. The summed E-state index contributed by atoms with van der Waals surface area (Å²) in [5, 5.41) is 22.2. The SMILES string of the molecule is CC(C)Cc1ccc(COC(=O)N[C@H](CO)[C@H](C(=O)C(C)c2ccccc2)N(C(=O)[C@@H](N)CC(=O)O)C(C)(C)C)cc1. The normalized spacial score (nSPS) is 14.4. The van der Waals surface area contributed by atoms with Crippen molar-refractivity contribution in [1.29, 1.82) is 0 Å². The number of aliphatic hydroxyl groups is 1. The molecule has 5 N–H and O–H groups in total. The van der Waals surface area contributed by atoms with Crippen LogP contribution >= 0.6 is 0 Å². The quantitative estimate of drug-likeness (QED) is 0.262. The number of nitrogens with zero attached hydrogens (tertiary/aromatic N) is 1. The molecule has 2 amide bonds. The molecule has 10 nitrogen and oxygen atoms in total. The van der Waals surface area contributed by atoms with E-state index in [1.165, 1.54) is 10.5 Å². The van der Waals surface area contributed by atoms with Gasteiger partial charge >= 0.3 is 12.1 Å². The number of carbonyl (C=O) groups is 4. The highest BCUT2D eigenvalue weighted by atomic mass is 16.5. The Hall–Kier alpha value is -3.76. The van der Waals surface area contributed by atoms with E-state index in [1.807, 2.05) is 24.3 Å². The second-order valence-electron chi connectivity index (χ2n) is 12.0. The van der Waals surface area contributed by atoms with E-state index in [9.17, 15) is 29.4 Å². The van der Waals surface area contributed by atoms with Gasteiger partial charge in [-0.25, -0.2) is 4.79 Å². The molecule has 0 aromatic heterocycles. The number of hydrogen-bond donors (Lipinski definition) is 4. The van der Waals surface area contributed by atoms with Gasteiger partial charge in [0, 0.05) is 11.5 Å². The maximum Gasteiger partial charge on any atom is 0.407 e. The molecule has 0 saturated heterocycles. The first-order valence-corrected chi connectivity index (χ1v) is 14.2. The number of aliphatic carboxylic acids is 1. The molecule has 2 aromatic carbocycles. The van der Waals surface area contributed by atoms with Crippen molar-refractivity contribution in [2.75, 3.05) is 6.61 Å². The van der Waals surface area contributed by atoms with Crippen LogP contribution in [0.15, 0.2) is 54.6 Å². The lowest BCUT2D eigenvalue weighted by molar-refractivity contribution is -0.151. The zero-order valence-electron chi connectivity index (χ0n) is 25.4. The van der Waals surface area contributed by atoms with Crippen LogP contribution in [0.2, 0.25) is 0 Å². The third kappa shape index (κ3) is 9.95. The molecule has 0 heterocycles.